The highest BCUT2D eigenvalue weighted by Gasteiger charge is 2.54. The molecule has 6 amide bonds. The van der Waals surface area contributed by atoms with Crippen LogP contribution in [0.5, 0.6) is 11.5 Å². The summed E-state index contributed by atoms with van der Waals surface area (Å²) in [5, 5.41) is 13.3. The Balaban J connectivity index is 0.754. The van der Waals surface area contributed by atoms with Gasteiger partial charge in [0.2, 0.25) is 11.8 Å². The molecule has 0 saturated heterocycles. The van der Waals surface area contributed by atoms with Crippen LogP contribution >= 0.6 is 0 Å². The number of unbranched alkanes of at least 4 members (excludes halogenated alkanes) is 3. The van der Waals surface area contributed by atoms with E-state index in [1.807, 2.05) is 61.5 Å². The van der Waals surface area contributed by atoms with Crippen molar-refractivity contribution in [1.82, 2.24) is 20.5 Å². The SMILES string of the molecule is CCc1cccc(N(CC)C(=O)Cn2c(C(=O)NC3CCC(C(=O)NCCCCCCNC(=O)c4ccc5c(c4)C4(OC5=O)c5ccc(NC(=O)C(F)(F)F)cc5Oc5cc(NC(=O)C(F)(F)F)ccc54)CC3)cc3ccccc32)c1. The molecule has 5 aromatic carbocycles. The number of ether oxygens (including phenoxy) is 2. The van der Waals surface area contributed by atoms with Crippen molar-refractivity contribution in [1.29, 1.82) is 0 Å². The minimum atomic E-state index is -5.26. The number of rotatable bonds is 18. The summed E-state index contributed by atoms with van der Waals surface area (Å²) in [4.78, 5) is 93.4. The summed E-state index contributed by atoms with van der Waals surface area (Å²) >= 11 is 0. The molecule has 1 saturated carbocycles. The Bertz CT molecular complexity index is 3360. The number of aromatic nitrogens is 1. The highest BCUT2D eigenvalue weighted by molar-refractivity contribution is 6.03. The number of fused-ring (bicyclic) bond motifs is 7. The number of para-hydroxylation sites is 1. The first-order valence-electron chi connectivity index (χ1n) is 26.6. The van der Waals surface area contributed by atoms with Gasteiger partial charge in [-0.25, -0.2) is 4.79 Å². The van der Waals surface area contributed by atoms with Crippen LogP contribution in [-0.4, -0.2) is 84.0 Å². The average molecular weight is 1120 g/mol. The highest BCUT2D eigenvalue weighted by atomic mass is 19.4. The Hall–Kier alpha value is -8.69. The molecule has 3 aliphatic rings. The van der Waals surface area contributed by atoms with Crippen molar-refractivity contribution in [3.8, 4) is 11.5 Å². The van der Waals surface area contributed by atoms with Crippen molar-refractivity contribution in [3.63, 3.8) is 0 Å². The van der Waals surface area contributed by atoms with Crippen LogP contribution in [0.1, 0.15) is 119 Å². The van der Waals surface area contributed by atoms with E-state index < -0.39 is 53.0 Å². The van der Waals surface area contributed by atoms with Gasteiger partial charge in [0.15, 0.2) is 5.60 Å². The predicted octanol–water partition coefficient (Wildman–Crippen LogP) is 10.2. The summed E-state index contributed by atoms with van der Waals surface area (Å²) in [6, 6.07) is 28.0. The lowest BCUT2D eigenvalue weighted by Crippen LogP contribution is -2.42. The summed E-state index contributed by atoms with van der Waals surface area (Å²) in [7, 11) is 0. The zero-order valence-electron chi connectivity index (χ0n) is 44.1. The zero-order chi connectivity index (χ0) is 57.8. The van der Waals surface area contributed by atoms with Crippen LogP contribution in [0.4, 0.5) is 43.4 Å². The summed E-state index contributed by atoms with van der Waals surface area (Å²) in [6.45, 7) is 5.14. The summed E-state index contributed by atoms with van der Waals surface area (Å²) in [5.41, 5.74) is 0.605. The molecular formula is C59H57F6N7O9. The standard InChI is InChI=1S/C59H57F6N7O9/c1-3-34-12-11-14-41(28-34)71(4-2)50(73)33-72-46-15-8-7-13-36(46)30-47(72)53(76)68-38-19-16-35(17-20-38)51(74)66-26-9-5-6-10-27-67-52(75)37-18-23-42-45(29-37)57(81-54(42)77)43-24-21-39(69-55(78)58(60,61)62)31-48(43)80-49-32-40(22-25-44(49)57)70-56(79)59(63,64)65/h7-8,11-15,18,21-25,28-32,35,38H,3-6,9-10,16-17,19-20,26-27,33H2,1-2H3,(H,66,74)(H,67,75)(H,68,76)(H,69,78)(H,70,79). The monoisotopic (exact) mass is 1120 g/mol. The van der Waals surface area contributed by atoms with Gasteiger partial charge in [-0.1, -0.05) is 50.1 Å². The third-order valence-corrected chi connectivity index (χ3v) is 14.8. The molecule has 1 aromatic heterocycles. The van der Waals surface area contributed by atoms with Crippen molar-refractivity contribution in [3.05, 3.63) is 148 Å². The topological polar surface area (TPSA) is 206 Å². The molecule has 0 atom stereocenters. The van der Waals surface area contributed by atoms with E-state index in [0.717, 1.165) is 59.3 Å². The van der Waals surface area contributed by atoms with Gasteiger partial charge < -0.3 is 45.5 Å². The Labute approximate surface area is 460 Å². The minimum absolute atomic E-state index is 0.00537. The fourth-order valence-electron chi connectivity index (χ4n) is 10.7. The lowest BCUT2D eigenvalue weighted by molar-refractivity contribution is -0.167. The van der Waals surface area contributed by atoms with Gasteiger partial charge in [0, 0.05) is 93.9 Å². The Morgan fingerprint density at radius 1 is 0.667 bits per heavy atom. The van der Waals surface area contributed by atoms with E-state index in [4.69, 9.17) is 9.47 Å². The van der Waals surface area contributed by atoms with E-state index in [-0.39, 0.29) is 82.1 Å². The lowest BCUT2D eigenvalue weighted by atomic mass is 9.77. The van der Waals surface area contributed by atoms with Gasteiger partial charge in [-0.3, -0.25) is 28.8 Å². The first-order valence-corrected chi connectivity index (χ1v) is 26.6. The number of amides is 6. The number of esters is 1. The van der Waals surface area contributed by atoms with Crippen LogP contribution in [0, 0.1) is 5.92 Å². The number of benzene rings is 5. The number of carbonyl (C=O) groups excluding carboxylic acids is 7. The molecule has 0 radical (unpaired) electrons. The van der Waals surface area contributed by atoms with Crippen molar-refractivity contribution < 1.29 is 69.4 Å². The lowest BCUT2D eigenvalue weighted by Gasteiger charge is -2.37. The number of aryl methyl sites for hydroxylation is 1. The molecule has 1 aliphatic carbocycles. The molecule has 0 bridgehead atoms. The van der Waals surface area contributed by atoms with Crippen LogP contribution in [0.15, 0.2) is 109 Å². The number of hydrogen-bond donors (Lipinski definition) is 5. The van der Waals surface area contributed by atoms with Gasteiger partial charge in [0.25, 0.3) is 11.8 Å². The Morgan fingerprint density at radius 3 is 1.91 bits per heavy atom. The molecule has 5 N–H and O–H groups in total. The van der Waals surface area contributed by atoms with Crippen LogP contribution in [0.25, 0.3) is 10.9 Å². The number of hydrogen-bond acceptors (Lipinski definition) is 9. The number of nitrogens with one attached hydrogen (secondary N) is 5. The molecule has 22 heteroatoms. The van der Waals surface area contributed by atoms with Crippen molar-refractivity contribution in [2.75, 3.05) is 35.2 Å². The van der Waals surface area contributed by atoms with Crippen LogP contribution in [-0.2, 0) is 42.5 Å². The summed E-state index contributed by atoms with van der Waals surface area (Å²) in [5.74, 6) is -7.22. The number of carbonyl (C=O) groups is 7. The molecule has 6 aromatic rings. The number of alkyl halides is 6. The normalized spacial score (nSPS) is 16.0. The minimum Gasteiger partial charge on any atom is -0.456 e. The molecule has 16 nitrogen and oxygen atoms in total. The zero-order valence-corrected chi connectivity index (χ0v) is 44.1. The van der Waals surface area contributed by atoms with E-state index in [9.17, 15) is 59.9 Å². The average Bonchev–Trinajstić information content (AvgIpc) is 2.77. The number of nitrogens with zero attached hydrogens (tertiary/aromatic N) is 2. The van der Waals surface area contributed by atoms with Gasteiger partial charge in [0.1, 0.15) is 23.7 Å². The van der Waals surface area contributed by atoms with Gasteiger partial charge in [0.05, 0.1) is 5.56 Å². The fourth-order valence-corrected chi connectivity index (χ4v) is 10.7. The second-order valence-electron chi connectivity index (χ2n) is 20.1. The van der Waals surface area contributed by atoms with Gasteiger partial charge in [-0.2, -0.15) is 26.3 Å². The summed E-state index contributed by atoms with van der Waals surface area (Å²) < 4.78 is 92.8. The maximum absolute atomic E-state index is 13.9. The third kappa shape index (κ3) is 12.2. The second kappa shape index (κ2) is 23.6. The van der Waals surface area contributed by atoms with Crippen LogP contribution < -0.4 is 36.2 Å². The van der Waals surface area contributed by atoms with E-state index in [1.165, 1.54) is 30.3 Å². The molecular weight excluding hydrogens is 1060 g/mol. The fraction of sp³-hybridized carbons (Fsp3) is 0.339. The number of halogens is 6. The van der Waals surface area contributed by atoms with Gasteiger partial charge in [-0.15, -0.1) is 0 Å². The first kappa shape index (κ1) is 57.0. The Morgan fingerprint density at radius 2 is 1.30 bits per heavy atom. The van der Waals surface area contributed by atoms with Crippen molar-refractivity contribution in [2.45, 2.75) is 102 Å². The predicted molar refractivity (Wildman–Crippen MR) is 287 cm³/mol. The quantitative estimate of drug-likeness (QED) is 0.0315. The van der Waals surface area contributed by atoms with Crippen LogP contribution in [0.3, 0.4) is 0 Å². The Kier molecular flexibility index (Phi) is 16.6. The summed E-state index contributed by atoms with van der Waals surface area (Å²) in [6.07, 6.45) is -4.58. The first-order chi connectivity index (χ1) is 38.7. The van der Waals surface area contributed by atoms with Gasteiger partial charge in [-0.05, 0) is 124 Å². The van der Waals surface area contributed by atoms with E-state index in [0.29, 0.717) is 63.7 Å². The molecule has 424 valence electrons. The highest BCUT2D eigenvalue weighted by Crippen LogP contribution is 2.57. The molecule has 81 heavy (non-hydrogen) atoms. The van der Waals surface area contributed by atoms with Crippen molar-refractivity contribution in [2.24, 2.45) is 5.92 Å². The number of likely N-dealkylation sites (N-methyl/N-ethyl adjacent to an activating group) is 1. The van der Waals surface area contributed by atoms with Gasteiger partial charge >= 0.3 is 30.1 Å². The van der Waals surface area contributed by atoms with Crippen LogP contribution in [0.2, 0.25) is 0 Å². The molecule has 3 heterocycles. The maximum Gasteiger partial charge on any atom is 0.471 e. The second-order valence-corrected chi connectivity index (χ2v) is 20.1. The molecule has 2 aliphatic heterocycles. The third-order valence-electron chi connectivity index (χ3n) is 14.8. The van der Waals surface area contributed by atoms with E-state index in [1.54, 1.807) is 20.1 Å². The molecule has 1 spiro atoms. The number of anilines is 3. The maximum atomic E-state index is 13.9. The molecule has 1 fully saturated rings. The molecule has 9 rings (SSSR count). The van der Waals surface area contributed by atoms with E-state index in [2.05, 4.69) is 22.9 Å². The molecule has 0 unspecified atom stereocenters. The largest absolute Gasteiger partial charge is 0.471 e. The smallest absolute Gasteiger partial charge is 0.456 e. The van der Waals surface area contributed by atoms with E-state index >= 15 is 0 Å². The van der Waals surface area contributed by atoms with Crippen molar-refractivity contribution >= 4 is 69.4 Å².